The van der Waals surface area contributed by atoms with Gasteiger partial charge in [0.25, 0.3) is 0 Å². The summed E-state index contributed by atoms with van der Waals surface area (Å²) in [5.74, 6) is -0.688. The Bertz CT molecular complexity index is 974. The molecule has 0 unspecified atom stereocenters. The minimum atomic E-state index is -0.692. The third-order valence-corrected chi connectivity index (χ3v) is 5.53. The molecule has 0 aliphatic carbocycles. The van der Waals surface area contributed by atoms with Gasteiger partial charge in [0.05, 0.1) is 17.9 Å². The number of likely N-dealkylation sites (tertiary alicyclic amines) is 1. The van der Waals surface area contributed by atoms with Crippen molar-refractivity contribution in [2.45, 2.75) is 46.1 Å². The number of anilines is 3. The normalized spacial score (nSPS) is 18.4. The van der Waals surface area contributed by atoms with Gasteiger partial charge in [-0.25, -0.2) is 4.98 Å². The van der Waals surface area contributed by atoms with E-state index in [-0.39, 0.29) is 11.9 Å². The molecule has 4 N–H and O–H groups in total. The van der Waals surface area contributed by atoms with E-state index in [0.717, 1.165) is 24.0 Å². The number of rotatable bonds is 4. The highest BCUT2D eigenvalue weighted by Gasteiger charge is 2.34. The number of pyridine rings is 1. The van der Waals surface area contributed by atoms with Gasteiger partial charge in [-0.15, -0.1) is 0 Å². The number of piperidine rings is 1. The summed E-state index contributed by atoms with van der Waals surface area (Å²) in [6, 6.07) is 8.94. The second kappa shape index (κ2) is 9.59. The van der Waals surface area contributed by atoms with Crippen LogP contribution >= 0.6 is 0 Å². The fraction of sp³-hybridized carbons (Fsp3) is 0.391. The lowest BCUT2D eigenvalue weighted by Crippen LogP contribution is -2.46. The Kier molecular flexibility index (Phi) is 6.89. The highest BCUT2D eigenvalue weighted by atomic mass is 16.2. The Morgan fingerprint density at radius 2 is 1.84 bits per heavy atom. The molecule has 164 valence electrons. The van der Waals surface area contributed by atoms with Crippen molar-refractivity contribution >= 4 is 34.9 Å². The molecule has 1 aromatic carbocycles. The Morgan fingerprint density at radius 3 is 2.48 bits per heavy atom. The van der Waals surface area contributed by atoms with Crippen molar-refractivity contribution in [2.75, 3.05) is 22.9 Å². The van der Waals surface area contributed by atoms with Crippen molar-refractivity contribution < 1.29 is 14.4 Å². The van der Waals surface area contributed by atoms with Crippen molar-refractivity contribution in [3.63, 3.8) is 0 Å². The topological polar surface area (TPSA) is 117 Å². The van der Waals surface area contributed by atoms with Gasteiger partial charge >= 0.3 is 11.8 Å². The summed E-state index contributed by atoms with van der Waals surface area (Å²) >= 11 is 0. The van der Waals surface area contributed by atoms with Crippen LogP contribution in [0.15, 0.2) is 36.5 Å². The molecule has 1 aliphatic rings. The van der Waals surface area contributed by atoms with Crippen LogP contribution in [0.4, 0.5) is 17.2 Å². The maximum absolute atomic E-state index is 13.1. The van der Waals surface area contributed by atoms with E-state index >= 15 is 0 Å². The standard InChI is InChI=1S/C23H29N5O3/c1-4-16-11-19(12-25-21(16)24)27-22(30)23(31)28-13-14(2)5-10-20(28)17-6-8-18(9-7-17)26-15(3)29/h6-9,11-12,14,20H,4-5,10,13H2,1-3H3,(H2,24,25)(H,26,29)(H,27,30)/t14-,20+/m0/s1. The number of benzene rings is 1. The van der Waals surface area contributed by atoms with E-state index in [4.69, 9.17) is 5.73 Å². The summed E-state index contributed by atoms with van der Waals surface area (Å²) in [7, 11) is 0. The molecule has 3 amide bonds. The summed E-state index contributed by atoms with van der Waals surface area (Å²) in [5.41, 5.74) is 8.71. The predicted molar refractivity (Wildman–Crippen MR) is 120 cm³/mol. The maximum Gasteiger partial charge on any atom is 0.313 e. The van der Waals surface area contributed by atoms with E-state index in [9.17, 15) is 14.4 Å². The molecule has 1 fully saturated rings. The van der Waals surface area contributed by atoms with Gasteiger partial charge in [-0.05, 0) is 54.5 Å². The lowest BCUT2D eigenvalue weighted by atomic mass is 9.89. The van der Waals surface area contributed by atoms with Gasteiger partial charge in [-0.1, -0.05) is 26.0 Å². The van der Waals surface area contributed by atoms with E-state index in [1.165, 1.54) is 13.1 Å². The molecule has 1 aromatic heterocycles. The lowest BCUT2D eigenvalue weighted by Gasteiger charge is -2.38. The summed E-state index contributed by atoms with van der Waals surface area (Å²) in [6.07, 6.45) is 3.86. The predicted octanol–water partition coefficient (Wildman–Crippen LogP) is 3.12. The van der Waals surface area contributed by atoms with E-state index < -0.39 is 11.8 Å². The Labute approximate surface area is 182 Å². The smallest absolute Gasteiger partial charge is 0.313 e. The van der Waals surface area contributed by atoms with Gasteiger partial charge in [0.2, 0.25) is 5.91 Å². The van der Waals surface area contributed by atoms with Crippen molar-refractivity contribution in [3.05, 3.63) is 47.7 Å². The second-order valence-electron chi connectivity index (χ2n) is 8.04. The molecule has 0 spiro atoms. The second-order valence-corrected chi connectivity index (χ2v) is 8.04. The first-order valence-electron chi connectivity index (χ1n) is 10.5. The van der Waals surface area contributed by atoms with Crippen LogP contribution in [-0.2, 0) is 20.8 Å². The monoisotopic (exact) mass is 423 g/mol. The molecule has 1 saturated heterocycles. The third kappa shape index (κ3) is 5.39. The first-order valence-corrected chi connectivity index (χ1v) is 10.5. The Morgan fingerprint density at radius 1 is 1.13 bits per heavy atom. The molecule has 31 heavy (non-hydrogen) atoms. The van der Waals surface area contributed by atoms with Crippen LogP contribution in [0.1, 0.15) is 50.8 Å². The van der Waals surface area contributed by atoms with Crippen LogP contribution in [0.2, 0.25) is 0 Å². The Balaban J connectivity index is 1.77. The van der Waals surface area contributed by atoms with Gasteiger partial charge < -0.3 is 21.3 Å². The van der Waals surface area contributed by atoms with Gasteiger partial charge in [0.1, 0.15) is 5.82 Å². The van der Waals surface area contributed by atoms with Crippen LogP contribution in [0.5, 0.6) is 0 Å². The summed E-state index contributed by atoms with van der Waals surface area (Å²) in [6.45, 7) is 5.98. The zero-order valence-corrected chi connectivity index (χ0v) is 18.1. The summed E-state index contributed by atoms with van der Waals surface area (Å²) < 4.78 is 0. The van der Waals surface area contributed by atoms with Crippen LogP contribution in [0, 0.1) is 5.92 Å². The van der Waals surface area contributed by atoms with E-state index in [1.807, 2.05) is 31.2 Å². The summed E-state index contributed by atoms with van der Waals surface area (Å²) in [5, 5.41) is 5.40. The zero-order chi connectivity index (χ0) is 22.5. The SMILES string of the molecule is CCc1cc(NC(=O)C(=O)N2C[C@@H](C)CC[C@@H]2c2ccc(NC(C)=O)cc2)cnc1N. The van der Waals surface area contributed by atoms with E-state index in [2.05, 4.69) is 22.5 Å². The van der Waals surface area contributed by atoms with Crippen LogP contribution in [0.25, 0.3) is 0 Å². The number of nitrogen functional groups attached to an aromatic ring is 1. The molecular weight excluding hydrogens is 394 g/mol. The number of nitrogens with one attached hydrogen (secondary N) is 2. The molecule has 2 atom stereocenters. The van der Waals surface area contributed by atoms with Crippen molar-refractivity contribution in [1.29, 1.82) is 0 Å². The molecule has 1 aliphatic heterocycles. The number of aromatic nitrogens is 1. The van der Waals surface area contributed by atoms with Gasteiger partial charge in [-0.3, -0.25) is 14.4 Å². The minimum Gasteiger partial charge on any atom is -0.383 e. The average Bonchev–Trinajstić information content (AvgIpc) is 2.74. The van der Waals surface area contributed by atoms with Crippen LogP contribution in [-0.4, -0.2) is 34.2 Å². The first kappa shape index (κ1) is 22.3. The molecule has 3 rings (SSSR count). The molecule has 2 aromatic rings. The highest BCUT2D eigenvalue weighted by molar-refractivity contribution is 6.39. The quantitative estimate of drug-likeness (QED) is 0.653. The van der Waals surface area contributed by atoms with Crippen molar-refractivity contribution in [2.24, 2.45) is 5.92 Å². The fourth-order valence-corrected chi connectivity index (χ4v) is 3.90. The van der Waals surface area contributed by atoms with Gasteiger partial charge in [0.15, 0.2) is 0 Å². The lowest BCUT2D eigenvalue weighted by molar-refractivity contribution is -0.146. The number of hydrogen-bond donors (Lipinski definition) is 3. The molecular formula is C23H29N5O3. The average molecular weight is 424 g/mol. The third-order valence-electron chi connectivity index (χ3n) is 5.53. The van der Waals surface area contributed by atoms with Crippen molar-refractivity contribution in [1.82, 2.24) is 9.88 Å². The van der Waals surface area contributed by atoms with E-state index in [1.54, 1.807) is 11.0 Å². The van der Waals surface area contributed by atoms with E-state index in [0.29, 0.717) is 36.1 Å². The highest BCUT2D eigenvalue weighted by Crippen LogP contribution is 2.34. The number of hydrogen-bond acceptors (Lipinski definition) is 5. The molecule has 0 radical (unpaired) electrons. The molecule has 2 heterocycles. The fourth-order valence-electron chi connectivity index (χ4n) is 3.90. The summed E-state index contributed by atoms with van der Waals surface area (Å²) in [4.78, 5) is 42.8. The molecule has 0 bridgehead atoms. The van der Waals surface area contributed by atoms with Gasteiger partial charge in [-0.2, -0.15) is 0 Å². The van der Waals surface area contributed by atoms with Gasteiger partial charge in [0, 0.05) is 19.2 Å². The largest absolute Gasteiger partial charge is 0.383 e. The zero-order valence-electron chi connectivity index (χ0n) is 18.1. The van der Waals surface area contributed by atoms with Crippen molar-refractivity contribution in [3.8, 4) is 0 Å². The number of nitrogens with two attached hydrogens (primary N) is 1. The van der Waals surface area contributed by atoms with Crippen LogP contribution < -0.4 is 16.4 Å². The number of amides is 3. The maximum atomic E-state index is 13.1. The number of carbonyl (C=O) groups excluding carboxylic acids is 3. The minimum absolute atomic E-state index is 0.142. The number of aryl methyl sites for hydroxylation is 1. The number of nitrogens with zero attached hydrogens (tertiary/aromatic N) is 2. The number of carbonyl (C=O) groups is 3. The molecule has 8 nitrogen and oxygen atoms in total. The first-order chi connectivity index (χ1) is 14.8. The Hall–Kier alpha value is -3.42. The van der Waals surface area contributed by atoms with Crippen LogP contribution in [0.3, 0.4) is 0 Å². The molecule has 8 heteroatoms. The molecule has 0 saturated carbocycles.